The first kappa shape index (κ1) is 23.1. The van der Waals surface area contributed by atoms with Crippen LogP contribution in [-0.2, 0) is 32.5 Å². The summed E-state index contributed by atoms with van der Waals surface area (Å²) in [4.78, 5) is 37.4. The highest BCUT2D eigenvalue weighted by Crippen LogP contribution is 2.28. The van der Waals surface area contributed by atoms with E-state index in [4.69, 9.17) is 9.47 Å². The van der Waals surface area contributed by atoms with Crippen LogP contribution in [0.2, 0.25) is 0 Å². The van der Waals surface area contributed by atoms with E-state index in [1.807, 2.05) is 39.1 Å². The second kappa shape index (κ2) is 10.1. The van der Waals surface area contributed by atoms with Gasteiger partial charge < -0.3 is 20.1 Å². The Morgan fingerprint density at radius 3 is 2.50 bits per heavy atom. The van der Waals surface area contributed by atoms with Crippen molar-refractivity contribution in [1.82, 2.24) is 20.4 Å². The van der Waals surface area contributed by atoms with Crippen molar-refractivity contribution in [2.24, 2.45) is 7.05 Å². The third-order valence-corrected chi connectivity index (χ3v) is 5.40. The van der Waals surface area contributed by atoms with E-state index in [0.29, 0.717) is 6.42 Å². The average molecular weight is 441 g/mol. The fourth-order valence-electron chi connectivity index (χ4n) is 3.71. The van der Waals surface area contributed by atoms with Crippen LogP contribution in [0.1, 0.15) is 41.9 Å². The van der Waals surface area contributed by atoms with Gasteiger partial charge in [0.25, 0.3) is 0 Å². The first-order chi connectivity index (χ1) is 15.3. The van der Waals surface area contributed by atoms with Crippen LogP contribution in [0.4, 0.5) is 4.79 Å². The molecular weight excluding hydrogens is 412 g/mol. The number of urea groups is 1. The summed E-state index contributed by atoms with van der Waals surface area (Å²) >= 11 is 0. The summed E-state index contributed by atoms with van der Waals surface area (Å²) < 4.78 is 12.4. The SMILES string of the molecule is CCOC(=O)C1=C(COC(=O)CCc2c(C)nn(C)c2C)NC(=O)NC1c1ccccc1. The molecule has 32 heavy (non-hydrogen) atoms. The Bertz CT molecular complexity index is 1040. The maximum atomic E-state index is 12.7. The highest BCUT2D eigenvalue weighted by atomic mass is 16.5. The number of esters is 2. The van der Waals surface area contributed by atoms with Gasteiger partial charge in [-0.3, -0.25) is 9.48 Å². The van der Waals surface area contributed by atoms with Crippen LogP contribution in [0.15, 0.2) is 41.6 Å². The summed E-state index contributed by atoms with van der Waals surface area (Å²) in [5, 5.41) is 9.69. The lowest BCUT2D eigenvalue weighted by atomic mass is 9.95. The molecule has 9 nitrogen and oxygen atoms in total. The Hall–Kier alpha value is -3.62. The first-order valence-electron chi connectivity index (χ1n) is 10.5. The van der Waals surface area contributed by atoms with E-state index in [1.165, 1.54) is 0 Å². The third kappa shape index (κ3) is 5.16. The molecule has 2 heterocycles. The predicted octanol–water partition coefficient (Wildman–Crippen LogP) is 2.38. The molecule has 0 spiro atoms. The normalized spacial score (nSPS) is 15.8. The monoisotopic (exact) mass is 440 g/mol. The lowest BCUT2D eigenvalue weighted by Crippen LogP contribution is -2.47. The fraction of sp³-hybridized carbons (Fsp3) is 0.391. The molecule has 1 aliphatic rings. The zero-order valence-corrected chi connectivity index (χ0v) is 18.7. The number of amides is 2. The number of carbonyl (C=O) groups excluding carboxylic acids is 3. The van der Waals surface area contributed by atoms with Crippen molar-refractivity contribution >= 4 is 18.0 Å². The molecule has 1 aromatic carbocycles. The molecule has 0 fully saturated rings. The van der Waals surface area contributed by atoms with Gasteiger partial charge in [-0.05, 0) is 38.3 Å². The summed E-state index contributed by atoms with van der Waals surface area (Å²) in [7, 11) is 1.86. The number of ether oxygens (including phenoxy) is 2. The number of rotatable bonds is 8. The Balaban J connectivity index is 1.76. The van der Waals surface area contributed by atoms with Crippen molar-refractivity contribution in [3.8, 4) is 0 Å². The van der Waals surface area contributed by atoms with Gasteiger partial charge in [0, 0.05) is 19.2 Å². The van der Waals surface area contributed by atoms with Gasteiger partial charge in [0.1, 0.15) is 6.61 Å². The smallest absolute Gasteiger partial charge is 0.338 e. The van der Waals surface area contributed by atoms with Gasteiger partial charge in [0.15, 0.2) is 0 Å². The molecule has 0 radical (unpaired) electrons. The van der Waals surface area contributed by atoms with Crippen LogP contribution in [0.25, 0.3) is 0 Å². The van der Waals surface area contributed by atoms with Gasteiger partial charge in [0.05, 0.1) is 29.6 Å². The second-order valence-corrected chi connectivity index (χ2v) is 7.49. The maximum absolute atomic E-state index is 12.7. The van der Waals surface area contributed by atoms with E-state index in [0.717, 1.165) is 22.5 Å². The number of aromatic nitrogens is 2. The predicted molar refractivity (Wildman–Crippen MR) is 116 cm³/mol. The number of nitrogens with one attached hydrogen (secondary N) is 2. The number of nitrogens with zero attached hydrogens (tertiary/aromatic N) is 2. The maximum Gasteiger partial charge on any atom is 0.338 e. The van der Waals surface area contributed by atoms with E-state index in [1.54, 1.807) is 23.7 Å². The van der Waals surface area contributed by atoms with Crippen molar-refractivity contribution in [3.05, 3.63) is 64.1 Å². The molecule has 0 saturated heterocycles. The number of hydrogen-bond acceptors (Lipinski definition) is 6. The molecule has 2 N–H and O–H groups in total. The largest absolute Gasteiger partial charge is 0.463 e. The molecule has 0 bridgehead atoms. The Morgan fingerprint density at radius 2 is 1.88 bits per heavy atom. The highest BCUT2D eigenvalue weighted by Gasteiger charge is 2.34. The highest BCUT2D eigenvalue weighted by molar-refractivity contribution is 5.95. The van der Waals surface area contributed by atoms with E-state index >= 15 is 0 Å². The Morgan fingerprint density at radius 1 is 1.16 bits per heavy atom. The molecule has 1 aromatic heterocycles. The quantitative estimate of drug-likeness (QED) is 0.610. The van der Waals surface area contributed by atoms with Gasteiger partial charge in [-0.25, -0.2) is 9.59 Å². The van der Waals surface area contributed by atoms with Crippen LogP contribution < -0.4 is 10.6 Å². The van der Waals surface area contributed by atoms with Crippen molar-refractivity contribution < 1.29 is 23.9 Å². The van der Waals surface area contributed by atoms with E-state index in [2.05, 4.69) is 15.7 Å². The summed E-state index contributed by atoms with van der Waals surface area (Å²) in [6, 6.07) is 7.88. The van der Waals surface area contributed by atoms with Crippen LogP contribution in [0, 0.1) is 13.8 Å². The molecule has 2 amide bonds. The Labute approximate surface area is 186 Å². The molecule has 3 rings (SSSR count). The zero-order valence-electron chi connectivity index (χ0n) is 18.7. The van der Waals surface area contributed by atoms with E-state index in [9.17, 15) is 14.4 Å². The average Bonchev–Trinajstić information content (AvgIpc) is 3.01. The van der Waals surface area contributed by atoms with Gasteiger partial charge in [-0.2, -0.15) is 5.10 Å². The minimum absolute atomic E-state index is 0.156. The van der Waals surface area contributed by atoms with Gasteiger partial charge >= 0.3 is 18.0 Å². The lowest BCUT2D eigenvalue weighted by Gasteiger charge is -2.29. The standard InChI is InChI=1S/C23H28N4O5/c1-5-31-22(29)20-18(24-23(30)25-21(20)16-9-7-6-8-10-16)13-32-19(28)12-11-17-14(2)26-27(4)15(17)3/h6-10,21H,5,11-13H2,1-4H3,(H2,24,25,30). The van der Waals surface area contributed by atoms with Gasteiger partial charge in [-0.15, -0.1) is 0 Å². The Kier molecular flexibility index (Phi) is 7.29. The lowest BCUT2D eigenvalue weighted by molar-refractivity contribution is -0.143. The minimum Gasteiger partial charge on any atom is -0.463 e. The van der Waals surface area contributed by atoms with Crippen LogP contribution in [-0.4, -0.2) is 41.0 Å². The summed E-state index contributed by atoms with van der Waals surface area (Å²) in [5.41, 5.74) is 4.03. The summed E-state index contributed by atoms with van der Waals surface area (Å²) in [6.07, 6.45) is 0.651. The molecule has 9 heteroatoms. The third-order valence-electron chi connectivity index (χ3n) is 5.40. The molecule has 1 atom stereocenters. The topological polar surface area (TPSA) is 112 Å². The zero-order chi connectivity index (χ0) is 23.3. The molecule has 0 aliphatic carbocycles. The fourth-order valence-corrected chi connectivity index (χ4v) is 3.71. The van der Waals surface area contributed by atoms with Crippen molar-refractivity contribution in [3.63, 3.8) is 0 Å². The number of hydrogen-bond donors (Lipinski definition) is 2. The molecule has 170 valence electrons. The van der Waals surface area contributed by atoms with Gasteiger partial charge in [-0.1, -0.05) is 30.3 Å². The van der Waals surface area contributed by atoms with Crippen molar-refractivity contribution in [1.29, 1.82) is 0 Å². The molecule has 2 aromatic rings. The van der Waals surface area contributed by atoms with Crippen LogP contribution in [0.3, 0.4) is 0 Å². The van der Waals surface area contributed by atoms with Crippen LogP contribution in [0.5, 0.6) is 0 Å². The van der Waals surface area contributed by atoms with Crippen molar-refractivity contribution in [2.75, 3.05) is 13.2 Å². The second-order valence-electron chi connectivity index (χ2n) is 7.49. The minimum atomic E-state index is -0.710. The number of carbonyl (C=O) groups is 3. The van der Waals surface area contributed by atoms with E-state index in [-0.39, 0.29) is 30.9 Å². The molecule has 0 saturated carbocycles. The summed E-state index contributed by atoms with van der Waals surface area (Å²) in [6.45, 7) is 5.49. The summed E-state index contributed by atoms with van der Waals surface area (Å²) in [5.74, 6) is -1.02. The number of aryl methyl sites for hydroxylation is 2. The molecule has 1 unspecified atom stereocenters. The molecule has 1 aliphatic heterocycles. The van der Waals surface area contributed by atoms with E-state index < -0.39 is 24.0 Å². The van der Waals surface area contributed by atoms with Crippen molar-refractivity contribution in [2.45, 2.75) is 39.7 Å². The molecular formula is C23H28N4O5. The van der Waals surface area contributed by atoms with Gasteiger partial charge in [0.2, 0.25) is 0 Å². The number of benzene rings is 1. The first-order valence-corrected chi connectivity index (χ1v) is 10.5. The van der Waals surface area contributed by atoms with Crippen LogP contribution >= 0.6 is 0 Å².